The number of carbonyl (C=O) groups excluding carboxylic acids is 1. The molecule has 20 heavy (non-hydrogen) atoms. The number of benzene rings is 1. The van der Waals surface area contributed by atoms with Gasteiger partial charge in [-0.15, -0.1) is 0 Å². The Morgan fingerprint density at radius 3 is 2.85 bits per heavy atom. The number of H-pyrrole nitrogens is 1. The minimum absolute atomic E-state index is 0.0218. The average molecular weight is 273 g/mol. The molecule has 5 nitrogen and oxygen atoms in total. The van der Waals surface area contributed by atoms with Gasteiger partial charge in [-0.1, -0.05) is 25.1 Å². The molecule has 0 radical (unpaired) electrons. The fourth-order valence-corrected chi connectivity index (χ4v) is 2.11. The number of ether oxygens (including phenoxy) is 1. The van der Waals surface area contributed by atoms with Gasteiger partial charge in [0.05, 0.1) is 18.9 Å². The Hall–Kier alpha value is -2.30. The van der Waals surface area contributed by atoms with Crippen molar-refractivity contribution in [2.45, 2.75) is 19.9 Å². The van der Waals surface area contributed by atoms with E-state index in [4.69, 9.17) is 4.74 Å². The van der Waals surface area contributed by atoms with E-state index in [1.807, 2.05) is 29.2 Å². The highest BCUT2D eigenvalue weighted by Crippen LogP contribution is 2.20. The first-order valence-corrected chi connectivity index (χ1v) is 6.66. The Morgan fingerprint density at radius 2 is 2.20 bits per heavy atom. The van der Waals surface area contributed by atoms with Gasteiger partial charge in [0.15, 0.2) is 0 Å². The van der Waals surface area contributed by atoms with E-state index >= 15 is 0 Å². The van der Waals surface area contributed by atoms with Crippen LogP contribution in [0.3, 0.4) is 0 Å². The van der Waals surface area contributed by atoms with Crippen LogP contribution < -0.4 is 4.74 Å². The number of methoxy groups -OCH3 is 1. The van der Waals surface area contributed by atoms with E-state index in [0.717, 1.165) is 17.7 Å². The number of rotatable bonds is 6. The quantitative estimate of drug-likeness (QED) is 0.879. The van der Waals surface area contributed by atoms with E-state index in [2.05, 4.69) is 17.1 Å². The summed E-state index contributed by atoms with van der Waals surface area (Å²) in [4.78, 5) is 14.2. The second kappa shape index (κ2) is 6.75. The van der Waals surface area contributed by atoms with Gasteiger partial charge in [0, 0.05) is 24.8 Å². The maximum atomic E-state index is 12.4. The Morgan fingerprint density at radius 1 is 1.40 bits per heavy atom. The summed E-state index contributed by atoms with van der Waals surface area (Å²) in [6.07, 6.45) is 4.07. The van der Waals surface area contributed by atoms with Crippen LogP contribution in [0, 0.1) is 0 Å². The summed E-state index contributed by atoms with van der Waals surface area (Å²) in [5.41, 5.74) is 1.58. The lowest BCUT2D eigenvalue weighted by atomic mass is 10.1. The van der Waals surface area contributed by atoms with Crippen molar-refractivity contribution >= 4 is 5.91 Å². The zero-order valence-corrected chi connectivity index (χ0v) is 11.8. The fraction of sp³-hybridized carbons (Fsp3) is 0.333. The Kier molecular flexibility index (Phi) is 4.76. The number of aromatic nitrogens is 2. The van der Waals surface area contributed by atoms with Crippen molar-refractivity contribution in [2.24, 2.45) is 0 Å². The third kappa shape index (κ3) is 3.17. The van der Waals surface area contributed by atoms with Crippen molar-refractivity contribution in [2.75, 3.05) is 13.7 Å². The van der Waals surface area contributed by atoms with Crippen molar-refractivity contribution < 1.29 is 9.53 Å². The van der Waals surface area contributed by atoms with Crippen molar-refractivity contribution in [3.8, 4) is 5.75 Å². The first kappa shape index (κ1) is 14.1. The molecule has 0 saturated heterocycles. The summed E-state index contributed by atoms with van der Waals surface area (Å²) in [5.74, 6) is 0.778. The van der Waals surface area contributed by atoms with Crippen LogP contribution in [0.1, 0.15) is 29.3 Å². The molecule has 0 aliphatic rings. The summed E-state index contributed by atoms with van der Waals surface area (Å²) in [7, 11) is 1.64. The molecular formula is C15H19N3O2. The molecule has 1 heterocycles. The molecule has 1 aromatic carbocycles. The number of hydrogen-bond donors (Lipinski definition) is 1. The van der Waals surface area contributed by atoms with Gasteiger partial charge in [0.2, 0.25) is 0 Å². The Bertz CT molecular complexity index is 552. The Balaban J connectivity index is 2.19. The minimum Gasteiger partial charge on any atom is -0.496 e. The maximum Gasteiger partial charge on any atom is 0.257 e. The van der Waals surface area contributed by atoms with Crippen molar-refractivity contribution in [3.63, 3.8) is 0 Å². The fourth-order valence-electron chi connectivity index (χ4n) is 2.11. The number of amides is 1. The normalized spacial score (nSPS) is 10.3. The van der Waals surface area contributed by atoms with Crippen molar-refractivity contribution in [1.82, 2.24) is 15.1 Å². The van der Waals surface area contributed by atoms with Crippen LogP contribution in [0.15, 0.2) is 36.7 Å². The van der Waals surface area contributed by atoms with Gasteiger partial charge in [-0.05, 0) is 12.5 Å². The number of para-hydroxylation sites is 1. The van der Waals surface area contributed by atoms with Gasteiger partial charge in [0.1, 0.15) is 5.75 Å². The molecule has 106 valence electrons. The van der Waals surface area contributed by atoms with Gasteiger partial charge in [-0.25, -0.2) is 0 Å². The highest BCUT2D eigenvalue weighted by Gasteiger charge is 2.17. The second-order valence-electron chi connectivity index (χ2n) is 4.53. The molecule has 5 heteroatoms. The van der Waals surface area contributed by atoms with Gasteiger partial charge in [-0.2, -0.15) is 5.10 Å². The van der Waals surface area contributed by atoms with Crippen LogP contribution in [0.2, 0.25) is 0 Å². The summed E-state index contributed by atoms with van der Waals surface area (Å²) >= 11 is 0. The lowest BCUT2D eigenvalue weighted by Crippen LogP contribution is -2.31. The standard InChI is InChI=1S/C15H19N3O2/c1-3-8-18(15(19)13-9-16-17-10-13)11-12-6-4-5-7-14(12)20-2/h4-7,9-10H,3,8,11H2,1-2H3,(H,16,17). The molecule has 0 spiro atoms. The first-order valence-electron chi connectivity index (χ1n) is 6.66. The smallest absolute Gasteiger partial charge is 0.257 e. The molecule has 0 fully saturated rings. The molecule has 0 aliphatic carbocycles. The lowest BCUT2D eigenvalue weighted by molar-refractivity contribution is 0.0742. The van der Waals surface area contributed by atoms with Gasteiger partial charge < -0.3 is 9.64 Å². The van der Waals surface area contributed by atoms with Crippen molar-refractivity contribution in [3.05, 3.63) is 47.8 Å². The number of carbonyl (C=O) groups is 1. The largest absolute Gasteiger partial charge is 0.496 e. The number of nitrogens with one attached hydrogen (secondary N) is 1. The molecule has 1 N–H and O–H groups in total. The third-order valence-corrected chi connectivity index (χ3v) is 3.08. The van der Waals surface area contributed by atoms with Crippen molar-refractivity contribution in [1.29, 1.82) is 0 Å². The monoisotopic (exact) mass is 273 g/mol. The average Bonchev–Trinajstić information content (AvgIpc) is 3.01. The van der Waals surface area contributed by atoms with Crippen LogP contribution in [0.5, 0.6) is 5.75 Å². The zero-order valence-electron chi connectivity index (χ0n) is 11.8. The maximum absolute atomic E-state index is 12.4. The molecule has 2 aromatic rings. The molecule has 2 rings (SSSR count). The van der Waals surface area contributed by atoms with Crippen LogP contribution in [-0.2, 0) is 6.54 Å². The van der Waals surface area contributed by atoms with Gasteiger partial charge in [0.25, 0.3) is 5.91 Å². The van der Waals surface area contributed by atoms with Crippen LogP contribution >= 0.6 is 0 Å². The van der Waals surface area contributed by atoms with Crippen LogP contribution in [0.4, 0.5) is 0 Å². The molecule has 0 bridgehead atoms. The predicted molar refractivity (Wildman–Crippen MR) is 76.6 cm³/mol. The van der Waals surface area contributed by atoms with E-state index < -0.39 is 0 Å². The number of nitrogens with zero attached hydrogens (tertiary/aromatic N) is 2. The highest BCUT2D eigenvalue weighted by atomic mass is 16.5. The van der Waals surface area contributed by atoms with E-state index in [1.54, 1.807) is 19.5 Å². The molecular weight excluding hydrogens is 254 g/mol. The SMILES string of the molecule is CCCN(Cc1ccccc1OC)C(=O)c1cn[nH]c1. The van der Waals surface area contributed by atoms with Gasteiger partial charge in [-0.3, -0.25) is 9.89 Å². The first-order chi connectivity index (χ1) is 9.76. The Labute approximate surface area is 118 Å². The molecule has 1 aromatic heterocycles. The predicted octanol–water partition coefficient (Wildman–Crippen LogP) is 2.47. The minimum atomic E-state index is -0.0218. The molecule has 0 saturated carbocycles. The molecule has 1 amide bonds. The topological polar surface area (TPSA) is 58.2 Å². The van der Waals surface area contributed by atoms with Gasteiger partial charge >= 0.3 is 0 Å². The van der Waals surface area contributed by atoms with Crippen LogP contribution in [-0.4, -0.2) is 34.7 Å². The summed E-state index contributed by atoms with van der Waals surface area (Å²) in [6.45, 7) is 3.28. The molecule has 0 unspecified atom stereocenters. The lowest BCUT2D eigenvalue weighted by Gasteiger charge is -2.22. The number of hydrogen-bond acceptors (Lipinski definition) is 3. The molecule has 0 atom stereocenters. The molecule has 0 aliphatic heterocycles. The summed E-state index contributed by atoms with van der Waals surface area (Å²) < 4.78 is 5.34. The van der Waals surface area contributed by atoms with Crippen LogP contribution in [0.25, 0.3) is 0 Å². The second-order valence-corrected chi connectivity index (χ2v) is 4.53. The van der Waals surface area contributed by atoms with E-state index in [0.29, 0.717) is 18.7 Å². The van der Waals surface area contributed by atoms with E-state index in [1.165, 1.54) is 0 Å². The van der Waals surface area contributed by atoms with E-state index in [-0.39, 0.29) is 5.91 Å². The number of aromatic amines is 1. The summed E-state index contributed by atoms with van der Waals surface area (Å²) in [6, 6.07) is 7.75. The highest BCUT2D eigenvalue weighted by molar-refractivity contribution is 5.93. The zero-order chi connectivity index (χ0) is 14.4. The van der Waals surface area contributed by atoms with E-state index in [9.17, 15) is 4.79 Å². The third-order valence-electron chi connectivity index (χ3n) is 3.08. The summed E-state index contributed by atoms with van der Waals surface area (Å²) in [5, 5.41) is 6.50.